The lowest BCUT2D eigenvalue weighted by Crippen LogP contribution is -2.18. The van der Waals surface area contributed by atoms with Gasteiger partial charge < -0.3 is 19.1 Å². The number of fused-ring (bicyclic) bond motifs is 1. The van der Waals surface area contributed by atoms with Gasteiger partial charge in [0.05, 0.1) is 5.30 Å². The third-order valence-corrected chi connectivity index (χ3v) is 7.09. The highest BCUT2D eigenvalue weighted by Crippen LogP contribution is 2.57. The quantitative estimate of drug-likeness (QED) is 0.836. The van der Waals surface area contributed by atoms with Crippen LogP contribution in [0.4, 0.5) is 0 Å². The molecule has 0 saturated carbocycles. The van der Waals surface area contributed by atoms with Crippen LogP contribution in [0.15, 0.2) is 42.5 Å². The van der Waals surface area contributed by atoms with Crippen molar-refractivity contribution in [2.45, 2.75) is 27.4 Å². The number of hydrogen-bond donors (Lipinski definition) is 1. The molecule has 3 rings (SSSR count). The molecule has 24 heavy (non-hydrogen) atoms. The van der Waals surface area contributed by atoms with Gasteiger partial charge in [-0.25, -0.2) is 0 Å². The molecule has 1 aliphatic rings. The summed E-state index contributed by atoms with van der Waals surface area (Å²) in [6, 6.07) is 12.8. The van der Waals surface area contributed by atoms with Crippen LogP contribution in [0.2, 0.25) is 0 Å². The van der Waals surface area contributed by atoms with Crippen molar-refractivity contribution in [2.75, 3.05) is 12.5 Å². The molecule has 0 saturated heterocycles. The molecular formula is C19H23O4P. The van der Waals surface area contributed by atoms with Crippen LogP contribution in [0.25, 0.3) is 0 Å². The van der Waals surface area contributed by atoms with Crippen LogP contribution in [-0.2, 0) is 11.2 Å². The first-order valence-electron chi connectivity index (χ1n) is 8.02. The molecule has 1 aliphatic heterocycles. The lowest BCUT2D eigenvalue weighted by molar-refractivity contribution is 0.305. The molecule has 2 aromatic rings. The van der Waals surface area contributed by atoms with Crippen LogP contribution < -0.4 is 14.8 Å². The highest BCUT2D eigenvalue weighted by atomic mass is 31.2. The molecule has 2 aromatic carbocycles. The largest absolute Gasteiger partial charge is 0.508 e. The van der Waals surface area contributed by atoms with E-state index >= 15 is 0 Å². The van der Waals surface area contributed by atoms with Crippen molar-refractivity contribution in [3.8, 4) is 17.2 Å². The van der Waals surface area contributed by atoms with Gasteiger partial charge in [0, 0.05) is 18.3 Å². The monoisotopic (exact) mass is 346 g/mol. The molecule has 1 atom stereocenters. The molecule has 0 bridgehead atoms. The Morgan fingerprint density at radius 2 is 1.92 bits per heavy atom. The molecule has 0 aliphatic carbocycles. The summed E-state index contributed by atoms with van der Waals surface area (Å²) in [6.45, 7) is 6.55. The zero-order valence-corrected chi connectivity index (χ0v) is 15.2. The predicted octanol–water partition coefficient (Wildman–Crippen LogP) is 4.36. The van der Waals surface area contributed by atoms with Crippen molar-refractivity contribution >= 4 is 12.4 Å². The Bertz CT molecular complexity index is 778. The molecule has 0 aromatic heterocycles. The first-order chi connectivity index (χ1) is 11.3. The zero-order valence-electron chi connectivity index (χ0n) is 14.3. The SMILES string of the molecule is CC(C)(C)CP1(=O)COc2cc(O)cc(OCc3ccccc3)c21. The average molecular weight is 346 g/mol. The fourth-order valence-corrected chi connectivity index (χ4v) is 6.37. The molecule has 5 heteroatoms. The molecule has 1 N–H and O–H groups in total. The van der Waals surface area contributed by atoms with Crippen molar-refractivity contribution in [2.24, 2.45) is 5.41 Å². The topological polar surface area (TPSA) is 55.8 Å². The summed E-state index contributed by atoms with van der Waals surface area (Å²) in [5.41, 5.74) is 0.925. The predicted molar refractivity (Wildman–Crippen MR) is 95.9 cm³/mol. The van der Waals surface area contributed by atoms with E-state index in [9.17, 15) is 9.67 Å². The Morgan fingerprint density at radius 1 is 1.21 bits per heavy atom. The van der Waals surface area contributed by atoms with Crippen molar-refractivity contribution in [3.05, 3.63) is 48.0 Å². The maximum atomic E-state index is 13.5. The van der Waals surface area contributed by atoms with E-state index in [0.717, 1.165) is 5.56 Å². The summed E-state index contributed by atoms with van der Waals surface area (Å²) < 4.78 is 25.1. The van der Waals surface area contributed by atoms with Gasteiger partial charge in [-0.15, -0.1) is 0 Å². The lowest BCUT2D eigenvalue weighted by Gasteiger charge is -2.23. The highest BCUT2D eigenvalue weighted by molar-refractivity contribution is 7.72. The normalized spacial score (nSPS) is 19.6. The number of benzene rings is 2. The minimum Gasteiger partial charge on any atom is -0.508 e. The molecular weight excluding hydrogens is 323 g/mol. The van der Waals surface area contributed by atoms with Crippen LogP contribution in [-0.4, -0.2) is 17.6 Å². The molecule has 0 spiro atoms. The van der Waals surface area contributed by atoms with E-state index in [1.165, 1.54) is 12.1 Å². The van der Waals surface area contributed by atoms with E-state index in [-0.39, 0.29) is 17.5 Å². The van der Waals surface area contributed by atoms with Gasteiger partial charge >= 0.3 is 0 Å². The fourth-order valence-electron chi connectivity index (χ4n) is 3.05. The van der Waals surface area contributed by atoms with Gasteiger partial charge in [-0.05, 0) is 11.0 Å². The second kappa shape index (κ2) is 6.18. The van der Waals surface area contributed by atoms with Crippen LogP contribution in [0.5, 0.6) is 17.2 Å². The van der Waals surface area contributed by atoms with Gasteiger partial charge in [-0.3, -0.25) is 0 Å². The summed E-state index contributed by atoms with van der Waals surface area (Å²) in [6.07, 6.45) is 0.713. The summed E-state index contributed by atoms with van der Waals surface area (Å²) in [5, 5.41) is 10.6. The van der Waals surface area contributed by atoms with Crippen LogP contribution in [0.3, 0.4) is 0 Å². The molecule has 1 heterocycles. The Labute approximate surface area is 142 Å². The van der Waals surface area contributed by atoms with Crippen molar-refractivity contribution in [1.29, 1.82) is 0 Å². The standard InChI is InChI=1S/C19H23O4P/c1-19(2,3)12-24(21)13-23-17-10-15(20)9-16(18(17)24)22-11-14-7-5-4-6-8-14/h4-10,20H,11-13H2,1-3H3. The number of phenolic OH excluding ortho intramolecular Hbond substituents is 1. The summed E-state index contributed by atoms with van der Waals surface area (Å²) in [5.74, 6) is 0.991. The summed E-state index contributed by atoms with van der Waals surface area (Å²) in [7, 11) is -2.72. The van der Waals surface area contributed by atoms with Gasteiger partial charge in [0.15, 0.2) is 7.14 Å². The Balaban J connectivity index is 1.94. The van der Waals surface area contributed by atoms with E-state index in [0.29, 0.717) is 29.6 Å². The van der Waals surface area contributed by atoms with E-state index in [1.54, 1.807) is 0 Å². The molecule has 4 nitrogen and oxygen atoms in total. The van der Waals surface area contributed by atoms with Crippen molar-refractivity contribution in [3.63, 3.8) is 0 Å². The minimum absolute atomic E-state index is 0.0565. The fraction of sp³-hybridized carbons (Fsp3) is 0.368. The lowest BCUT2D eigenvalue weighted by atomic mass is 10.0. The van der Waals surface area contributed by atoms with Crippen LogP contribution in [0.1, 0.15) is 26.3 Å². The third-order valence-electron chi connectivity index (χ3n) is 3.83. The second-order valence-electron chi connectivity index (χ2n) is 7.45. The van der Waals surface area contributed by atoms with E-state index in [4.69, 9.17) is 9.47 Å². The number of rotatable bonds is 4. The van der Waals surface area contributed by atoms with Crippen molar-refractivity contribution < 1.29 is 19.1 Å². The van der Waals surface area contributed by atoms with Gasteiger partial charge in [0.25, 0.3) is 0 Å². The Morgan fingerprint density at radius 3 is 2.58 bits per heavy atom. The third kappa shape index (κ3) is 3.59. The maximum absolute atomic E-state index is 13.5. The van der Waals surface area contributed by atoms with E-state index in [1.807, 2.05) is 30.3 Å². The smallest absolute Gasteiger partial charge is 0.158 e. The number of aromatic hydroxyl groups is 1. The summed E-state index contributed by atoms with van der Waals surface area (Å²) in [4.78, 5) is 0. The first-order valence-corrected chi connectivity index (χ1v) is 10.1. The molecule has 128 valence electrons. The maximum Gasteiger partial charge on any atom is 0.158 e. The highest BCUT2D eigenvalue weighted by Gasteiger charge is 2.41. The van der Waals surface area contributed by atoms with Gasteiger partial charge in [-0.2, -0.15) is 0 Å². The Kier molecular flexibility index (Phi) is 4.35. The van der Waals surface area contributed by atoms with E-state index < -0.39 is 7.14 Å². The van der Waals surface area contributed by atoms with Crippen molar-refractivity contribution in [1.82, 2.24) is 0 Å². The molecule has 1 unspecified atom stereocenters. The molecule has 0 amide bonds. The average Bonchev–Trinajstić information content (AvgIpc) is 2.80. The van der Waals surface area contributed by atoms with Gasteiger partial charge in [0.2, 0.25) is 0 Å². The first kappa shape index (κ1) is 16.9. The Hall–Kier alpha value is -1.93. The van der Waals surface area contributed by atoms with Gasteiger partial charge in [-0.1, -0.05) is 51.1 Å². The number of hydrogen-bond acceptors (Lipinski definition) is 4. The van der Waals surface area contributed by atoms with Gasteiger partial charge in [0.1, 0.15) is 30.2 Å². The second-order valence-corrected chi connectivity index (χ2v) is 10.2. The number of phenols is 1. The summed E-state index contributed by atoms with van der Waals surface area (Å²) >= 11 is 0. The van der Waals surface area contributed by atoms with Crippen LogP contribution in [0, 0.1) is 5.41 Å². The minimum atomic E-state index is -2.72. The molecule has 0 radical (unpaired) electrons. The van der Waals surface area contributed by atoms with Crippen LogP contribution >= 0.6 is 7.14 Å². The molecule has 0 fully saturated rings. The number of ether oxygens (including phenoxy) is 2. The zero-order chi connectivity index (χ0) is 17.4. The van der Waals surface area contributed by atoms with E-state index in [2.05, 4.69) is 20.8 Å².